The van der Waals surface area contributed by atoms with Gasteiger partial charge in [-0.1, -0.05) is 32.6 Å². The van der Waals surface area contributed by atoms with Crippen LogP contribution in [0.25, 0.3) is 0 Å². The molecule has 1 unspecified atom stereocenters. The summed E-state index contributed by atoms with van der Waals surface area (Å²) in [5.74, 6) is 0. The van der Waals surface area contributed by atoms with Gasteiger partial charge < -0.3 is 13.3 Å². The normalized spacial score (nSPS) is 19.6. The summed E-state index contributed by atoms with van der Waals surface area (Å²) in [5.41, 5.74) is 0.319. The minimum Gasteiger partial charge on any atom is -0.376 e. The first kappa shape index (κ1) is 17.1. The van der Waals surface area contributed by atoms with E-state index in [0.717, 1.165) is 19.5 Å². The Bertz CT molecular complexity index is 222. The number of likely N-dealkylation sites (tertiary alicyclic amines) is 1. The largest absolute Gasteiger partial charge is 0.518 e. The Morgan fingerprint density at radius 2 is 1.53 bits per heavy atom. The topological polar surface area (TPSA) is 30.9 Å². The smallest absolute Gasteiger partial charge is 0.376 e. The molecule has 1 aliphatic rings. The molecule has 0 N–H and O–H groups in total. The number of rotatable bonds is 9. The Labute approximate surface area is 119 Å². The maximum absolute atomic E-state index is 5.74. The van der Waals surface area contributed by atoms with Crippen LogP contribution < -0.4 is 0 Å². The fourth-order valence-corrected chi connectivity index (χ4v) is 5.64. The molecular formula is C14H31NO3Si. The molecule has 0 aromatic heterocycles. The van der Waals surface area contributed by atoms with Crippen molar-refractivity contribution in [3.05, 3.63) is 0 Å². The molecule has 0 radical (unpaired) electrons. The predicted octanol–water partition coefficient (Wildman–Crippen LogP) is 2.84. The molecule has 114 valence electrons. The minimum atomic E-state index is -2.56. The van der Waals surface area contributed by atoms with Gasteiger partial charge in [0.1, 0.15) is 0 Å². The summed E-state index contributed by atoms with van der Waals surface area (Å²) in [4.78, 5) is 2.54. The van der Waals surface area contributed by atoms with Crippen molar-refractivity contribution in [1.29, 1.82) is 0 Å². The van der Waals surface area contributed by atoms with Crippen molar-refractivity contribution in [3.63, 3.8) is 0 Å². The van der Waals surface area contributed by atoms with E-state index in [9.17, 15) is 0 Å². The number of hydrogen-bond acceptors (Lipinski definition) is 4. The zero-order valence-corrected chi connectivity index (χ0v) is 14.1. The SMILES string of the molecule is CCCCCC(N1CCCCC1)[Si](OC)(OC)OC. The minimum absolute atomic E-state index is 0.319. The second kappa shape index (κ2) is 9.08. The first-order valence-electron chi connectivity index (χ1n) is 7.63. The fourth-order valence-electron chi connectivity index (χ4n) is 3.06. The maximum atomic E-state index is 5.74. The highest BCUT2D eigenvalue weighted by Crippen LogP contribution is 2.25. The molecule has 1 saturated heterocycles. The Morgan fingerprint density at radius 3 is 2.00 bits per heavy atom. The summed E-state index contributed by atoms with van der Waals surface area (Å²) in [6.45, 7) is 4.55. The van der Waals surface area contributed by atoms with Crippen molar-refractivity contribution in [3.8, 4) is 0 Å². The molecule has 1 fully saturated rings. The average molecular weight is 289 g/mol. The van der Waals surface area contributed by atoms with Gasteiger partial charge in [-0.3, -0.25) is 4.90 Å². The predicted molar refractivity (Wildman–Crippen MR) is 80.1 cm³/mol. The fraction of sp³-hybridized carbons (Fsp3) is 1.00. The zero-order chi connectivity index (χ0) is 14.1. The summed E-state index contributed by atoms with van der Waals surface area (Å²) < 4.78 is 17.2. The lowest BCUT2D eigenvalue weighted by atomic mass is 10.1. The number of piperidine rings is 1. The van der Waals surface area contributed by atoms with Gasteiger partial charge in [0.15, 0.2) is 0 Å². The summed E-state index contributed by atoms with van der Waals surface area (Å²) in [7, 11) is 2.64. The van der Waals surface area contributed by atoms with E-state index in [1.54, 1.807) is 21.3 Å². The molecule has 0 aromatic carbocycles. The van der Waals surface area contributed by atoms with Gasteiger partial charge >= 0.3 is 8.80 Å². The molecule has 1 aliphatic heterocycles. The van der Waals surface area contributed by atoms with E-state index in [0.29, 0.717) is 5.67 Å². The molecule has 1 heterocycles. The van der Waals surface area contributed by atoms with Gasteiger partial charge in [-0.2, -0.15) is 0 Å². The van der Waals surface area contributed by atoms with Gasteiger partial charge in [0.05, 0.1) is 5.67 Å². The lowest BCUT2D eigenvalue weighted by Crippen LogP contribution is -2.62. The van der Waals surface area contributed by atoms with E-state index in [1.807, 2.05) is 0 Å². The third-order valence-corrected chi connectivity index (χ3v) is 7.35. The highest BCUT2D eigenvalue weighted by molar-refractivity contribution is 6.62. The first-order valence-corrected chi connectivity index (χ1v) is 9.43. The van der Waals surface area contributed by atoms with Crippen molar-refractivity contribution < 1.29 is 13.3 Å². The summed E-state index contributed by atoms with van der Waals surface area (Å²) in [6, 6.07) is 0. The van der Waals surface area contributed by atoms with Crippen molar-refractivity contribution in [2.75, 3.05) is 34.4 Å². The molecule has 0 aliphatic carbocycles. The van der Waals surface area contributed by atoms with Crippen LogP contribution in [0.4, 0.5) is 0 Å². The lowest BCUT2D eigenvalue weighted by molar-refractivity contribution is 0.0631. The molecule has 0 amide bonds. The van der Waals surface area contributed by atoms with Crippen LogP contribution in [0.15, 0.2) is 0 Å². The van der Waals surface area contributed by atoms with E-state index < -0.39 is 8.80 Å². The van der Waals surface area contributed by atoms with Crippen molar-refractivity contribution >= 4 is 8.80 Å². The second-order valence-electron chi connectivity index (χ2n) is 5.32. The van der Waals surface area contributed by atoms with Gasteiger partial charge in [-0.05, 0) is 32.4 Å². The van der Waals surface area contributed by atoms with Gasteiger partial charge in [-0.15, -0.1) is 0 Å². The Balaban J connectivity index is 2.75. The van der Waals surface area contributed by atoms with Crippen LogP contribution >= 0.6 is 0 Å². The van der Waals surface area contributed by atoms with Crippen LogP contribution in [0.1, 0.15) is 51.9 Å². The van der Waals surface area contributed by atoms with Crippen LogP contribution in [-0.2, 0) is 13.3 Å². The summed E-state index contributed by atoms with van der Waals surface area (Å²) in [5, 5.41) is 0. The highest BCUT2D eigenvalue weighted by Gasteiger charge is 2.49. The standard InChI is InChI=1S/C14H31NO3Si/c1-5-6-8-11-14(15-12-9-7-10-13-15)19(16-2,17-3)18-4/h14H,5-13H2,1-4H3. The maximum Gasteiger partial charge on any atom is 0.518 e. The average Bonchev–Trinajstić information content (AvgIpc) is 2.48. The molecule has 4 nitrogen and oxygen atoms in total. The number of unbranched alkanes of at least 4 members (excludes halogenated alkanes) is 2. The third-order valence-electron chi connectivity index (χ3n) is 4.17. The lowest BCUT2D eigenvalue weighted by Gasteiger charge is -2.41. The van der Waals surface area contributed by atoms with Crippen LogP contribution in [0.5, 0.6) is 0 Å². The van der Waals surface area contributed by atoms with E-state index in [-0.39, 0.29) is 0 Å². The summed E-state index contributed by atoms with van der Waals surface area (Å²) >= 11 is 0. The monoisotopic (exact) mass is 289 g/mol. The van der Waals surface area contributed by atoms with E-state index in [1.165, 1.54) is 38.5 Å². The third kappa shape index (κ3) is 4.53. The van der Waals surface area contributed by atoms with E-state index in [2.05, 4.69) is 11.8 Å². The zero-order valence-electron chi connectivity index (χ0n) is 13.1. The molecule has 0 saturated carbocycles. The van der Waals surface area contributed by atoms with Gasteiger partial charge in [0.2, 0.25) is 0 Å². The molecule has 19 heavy (non-hydrogen) atoms. The molecule has 5 heteroatoms. The number of hydrogen-bond donors (Lipinski definition) is 0. The van der Waals surface area contributed by atoms with Crippen LogP contribution in [0.2, 0.25) is 0 Å². The van der Waals surface area contributed by atoms with E-state index >= 15 is 0 Å². The van der Waals surface area contributed by atoms with Crippen LogP contribution in [0.3, 0.4) is 0 Å². The Kier molecular flexibility index (Phi) is 8.17. The van der Waals surface area contributed by atoms with Gasteiger partial charge in [0, 0.05) is 21.3 Å². The molecule has 1 rings (SSSR count). The van der Waals surface area contributed by atoms with Crippen LogP contribution in [-0.4, -0.2) is 53.8 Å². The quantitative estimate of drug-likeness (QED) is 0.482. The highest BCUT2D eigenvalue weighted by atomic mass is 28.4. The van der Waals surface area contributed by atoms with Crippen molar-refractivity contribution in [2.24, 2.45) is 0 Å². The van der Waals surface area contributed by atoms with Gasteiger partial charge in [-0.25, -0.2) is 0 Å². The molecular weight excluding hydrogens is 258 g/mol. The van der Waals surface area contributed by atoms with E-state index in [4.69, 9.17) is 13.3 Å². The van der Waals surface area contributed by atoms with Crippen molar-refractivity contribution in [2.45, 2.75) is 57.5 Å². The molecule has 0 bridgehead atoms. The summed E-state index contributed by atoms with van der Waals surface area (Å²) in [6.07, 6.45) is 8.77. The molecule has 1 atom stereocenters. The molecule has 0 aromatic rings. The molecule has 0 spiro atoms. The second-order valence-corrected chi connectivity index (χ2v) is 8.42. The Morgan fingerprint density at radius 1 is 0.947 bits per heavy atom. The first-order chi connectivity index (χ1) is 9.24. The van der Waals surface area contributed by atoms with Crippen molar-refractivity contribution in [1.82, 2.24) is 4.90 Å². The van der Waals surface area contributed by atoms with Crippen LogP contribution in [0, 0.1) is 0 Å². The Hall–Kier alpha value is 0.0569. The van der Waals surface area contributed by atoms with Gasteiger partial charge in [0.25, 0.3) is 0 Å². The number of nitrogens with zero attached hydrogens (tertiary/aromatic N) is 1.